The highest BCUT2D eigenvalue weighted by Gasteiger charge is 2.20. The Morgan fingerprint density at radius 1 is 1.15 bits per heavy atom. The molecule has 1 aromatic carbocycles. The zero-order chi connectivity index (χ0) is 18.4. The monoisotopic (exact) mass is 350 g/mol. The van der Waals surface area contributed by atoms with Crippen molar-refractivity contribution >= 4 is 0 Å². The van der Waals surface area contributed by atoms with Crippen LogP contribution < -0.4 is 0 Å². The summed E-state index contributed by atoms with van der Waals surface area (Å²) < 4.78 is 0. The molecule has 0 spiro atoms. The Morgan fingerprint density at radius 3 is 2.69 bits per heavy atom. The lowest BCUT2D eigenvalue weighted by Gasteiger charge is -2.37. The topological polar surface area (TPSA) is 68.1 Å². The van der Waals surface area contributed by atoms with E-state index in [1.807, 2.05) is 12.4 Å². The first-order valence-electron chi connectivity index (χ1n) is 9.14. The van der Waals surface area contributed by atoms with Crippen LogP contribution in [0.15, 0.2) is 47.8 Å². The Morgan fingerprint density at radius 2 is 1.96 bits per heavy atom. The maximum Gasteiger partial charge on any atom is 0.0411 e. The number of aryl methyl sites for hydroxylation is 1. The first kappa shape index (κ1) is 18.4. The Bertz CT molecular complexity index is 775. The number of nitrogens with zero attached hydrogens (tertiary/aromatic N) is 6. The highest BCUT2D eigenvalue weighted by molar-refractivity contribution is 5.63. The predicted octanol–water partition coefficient (Wildman–Crippen LogP) is 3.87. The summed E-state index contributed by atoms with van der Waals surface area (Å²) in [7, 11) is 0. The van der Waals surface area contributed by atoms with Crippen molar-refractivity contribution in [1.82, 2.24) is 14.8 Å². The third-order valence-corrected chi connectivity index (χ3v) is 4.98. The molecule has 6 nitrogen and oxygen atoms in total. The molecule has 0 N–H and O–H groups in total. The van der Waals surface area contributed by atoms with Crippen molar-refractivity contribution in [3.8, 4) is 11.1 Å². The Hall–Kier alpha value is -2.40. The van der Waals surface area contributed by atoms with E-state index in [9.17, 15) is 0 Å². The van der Waals surface area contributed by atoms with Crippen LogP contribution in [0.2, 0.25) is 0 Å². The summed E-state index contributed by atoms with van der Waals surface area (Å²) >= 11 is 0. The number of hydrogen-bond acceptors (Lipinski definition) is 4. The summed E-state index contributed by atoms with van der Waals surface area (Å²) in [6, 6.07) is 11.2. The van der Waals surface area contributed by atoms with E-state index in [0.29, 0.717) is 12.6 Å². The SMILES string of the molecule is Cc1cncc(-c2cccc(CN3CCN(C(C)CN=[N+]=[N-])CC3)c2)c1. The average molecular weight is 350 g/mol. The number of azide groups is 1. The van der Waals surface area contributed by atoms with Crippen molar-refractivity contribution < 1.29 is 0 Å². The largest absolute Gasteiger partial charge is 0.298 e. The van der Waals surface area contributed by atoms with Crippen molar-refractivity contribution in [3.05, 3.63) is 64.3 Å². The van der Waals surface area contributed by atoms with Gasteiger partial charge in [0.2, 0.25) is 0 Å². The standard InChI is InChI=1S/C20H26N6/c1-16-10-20(14-22-12-16)19-5-3-4-18(11-19)15-25-6-8-26(9-7-25)17(2)13-23-24-21/h3-5,10-12,14,17H,6-9,13,15H2,1-2H3. The number of benzene rings is 1. The summed E-state index contributed by atoms with van der Waals surface area (Å²) in [5.41, 5.74) is 13.4. The molecule has 1 aliphatic heterocycles. The molecule has 3 rings (SSSR count). The highest BCUT2D eigenvalue weighted by Crippen LogP contribution is 2.21. The maximum atomic E-state index is 8.47. The molecule has 1 aromatic heterocycles. The summed E-state index contributed by atoms with van der Waals surface area (Å²) in [4.78, 5) is 12.1. The Balaban J connectivity index is 1.59. The normalized spacial score (nSPS) is 16.8. The van der Waals surface area contributed by atoms with Crippen molar-refractivity contribution in [3.63, 3.8) is 0 Å². The molecular weight excluding hydrogens is 324 g/mol. The number of hydrogen-bond donors (Lipinski definition) is 0. The lowest BCUT2D eigenvalue weighted by molar-refractivity contribution is 0.101. The lowest BCUT2D eigenvalue weighted by Crippen LogP contribution is -2.49. The van der Waals surface area contributed by atoms with E-state index in [-0.39, 0.29) is 0 Å². The molecule has 2 heterocycles. The quantitative estimate of drug-likeness (QED) is 0.451. The fourth-order valence-electron chi connectivity index (χ4n) is 3.45. The van der Waals surface area contributed by atoms with E-state index < -0.39 is 0 Å². The molecule has 6 heteroatoms. The molecule has 1 fully saturated rings. The van der Waals surface area contributed by atoms with Gasteiger partial charge >= 0.3 is 0 Å². The van der Waals surface area contributed by atoms with Crippen LogP contribution in [-0.2, 0) is 6.54 Å². The summed E-state index contributed by atoms with van der Waals surface area (Å²) in [5, 5.41) is 3.70. The van der Waals surface area contributed by atoms with Crippen LogP contribution in [0.5, 0.6) is 0 Å². The van der Waals surface area contributed by atoms with Crippen LogP contribution >= 0.6 is 0 Å². The molecule has 1 atom stereocenters. The molecule has 0 amide bonds. The Labute approximate surface area is 155 Å². The number of pyridine rings is 1. The lowest BCUT2D eigenvalue weighted by atomic mass is 10.0. The van der Waals surface area contributed by atoms with E-state index in [1.165, 1.54) is 22.3 Å². The van der Waals surface area contributed by atoms with Gasteiger partial charge in [-0.1, -0.05) is 23.3 Å². The van der Waals surface area contributed by atoms with Crippen molar-refractivity contribution in [2.24, 2.45) is 5.11 Å². The highest BCUT2D eigenvalue weighted by atomic mass is 15.3. The van der Waals surface area contributed by atoms with Gasteiger partial charge in [-0.25, -0.2) is 0 Å². The summed E-state index contributed by atoms with van der Waals surface area (Å²) in [6.07, 6.45) is 3.81. The third kappa shape index (κ3) is 4.82. The van der Waals surface area contributed by atoms with Crippen LogP contribution in [0.25, 0.3) is 21.6 Å². The van der Waals surface area contributed by atoms with Gasteiger partial charge in [0.25, 0.3) is 0 Å². The van der Waals surface area contributed by atoms with Gasteiger partial charge in [0.15, 0.2) is 0 Å². The summed E-state index contributed by atoms with van der Waals surface area (Å²) in [6.45, 7) is 9.82. The first-order valence-corrected chi connectivity index (χ1v) is 9.14. The molecule has 0 bridgehead atoms. The molecule has 136 valence electrons. The molecular formula is C20H26N6. The van der Waals surface area contributed by atoms with E-state index >= 15 is 0 Å². The molecule has 0 saturated carbocycles. The molecule has 1 aliphatic rings. The van der Waals surface area contributed by atoms with Gasteiger partial charge in [-0.2, -0.15) is 0 Å². The second kappa shape index (κ2) is 8.81. The predicted molar refractivity (Wildman–Crippen MR) is 105 cm³/mol. The van der Waals surface area contributed by atoms with Crippen LogP contribution in [-0.4, -0.2) is 53.5 Å². The smallest absolute Gasteiger partial charge is 0.0411 e. The minimum atomic E-state index is 0.310. The van der Waals surface area contributed by atoms with E-state index in [4.69, 9.17) is 5.53 Å². The molecule has 2 aromatic rings. The van der Waals surface area contributed by atoms with Gasteiger partial charge in [0, 0.05) is 68.2 Å². The minimum absolute atomic E-state index is 0.310. The molecule has 1 saturated heterocycles. The molecule has 0 radical (unpaired) electrons. The average Bonchev–Trinajstić information content (AvgIpc) is 2.67. The zero-order valence-electron chi connectivity index (χ0n) is 15.5. The molecule has 1 unspecified atom stereocenters. The van der Waals surface area contributed by atoms with E-state index in [1.54, 1.807) is 0 Å². The van der Waals surface area contributed by atoms with Gasteiger partial charge in [0.05, 0.1) is 0 Å². The molecule has 0 aliphatic carbocycles. The maximum absolute atomic E-state index is 8.47. The second-order valence-electron chi connectivity index (χ2n) is 7.03. The number of rotatable bonds is 6. The van der Waals surface area contributed by atoms with Crippen LogP contribution in [0.3, 0.4) is 0 Å². The zero-order valence-corrected chi connectivity index (χ0v) is 15.5. The van der Waals surface area contributed by atoms with Crippen molar-refractivity contribution in [2.45, 2.75) is 26.4 Å². The fourth-order valence-corrected chi connectivity index (χ4v) is 3.45. The number of piperazine rings is 1. The van der Waals surface area contributed by atoms with Gasteiger partial charge < -0.3 is 0 Å². The fraction of sp³-hybridized carbons (Fsp3) is 0.450. The second-order valence-corrected chi connectivity index (χ2v) is 7.03. The van der Waals surface area contributed by atoms with Gasteiger partial charge in [-0.15, -0.1) is 0 Å². The van der Waals surface area contributed by atoms with E-state index in [0.717, 1.165) is 32.7 Å². The molecule has 26 heavy (non-hydrogen) atoms. The van der Waals surface area contributed by atoms with Gasteiger partial charge in [0.1, 0.15) is 0 Å². The first-order chi connectivity index (χ1) is 12.7. The van der Waals surface area contributed by atoms with E-state index in [2.05, 4.69) is 69.0 Å². The third-order valence-electron chi connectivity index (χ3n) is 4.98. The number of aromatic nitrogens is 1. The van der Waals surface area contributed by atoms with Crippen LogP contribution in [0.4, 0.5) is 0 Å². The van der Waals surface area contributed by atoms with Crippen LogP contribution in [0.1, 0.15) is 18.1 Å². The van der Waals surface area contributed by atoms with Gasteiger partial charge in [-0.3, -0.25) is 14.8 Å². The van der Waals surface area contributed by atoms with Crippen LogP contribution in [0, 0.1) is 6.92 Å². The van der Waals surface area contributed by atoms with Crippen molar-refractivity contribution in [1.29, 1.82) is 0 Å². The van der Waals surface area contributed by atoms with Gasteiger partial charge in [-0.05, 0) is 48.2 Å². The Kier molecular flexibility index (Phi) is 6.23. The minimum Gasteiger partial charge on any atom is -0.298 e. The van der Waals surface area contributed by atoms with Crippen molar-refractivity contribution in [2.75, 3.05) is 32.7 Å². The summed E-state index contributed by atoms with van der Waals surface area (Å²) in [5.74, 6) is 0.